The van der Waals surface area contributed by atoms with Crippen LogP contribution in [0, 0.1) is 5.92 Å². The molecule has 1 saturated heterocycles. The summed E-state index contributed by atoms with van der Waals surface area (Å²) in [6.45, 7) is 3.87. The lowest BCUT2D eigenvalue weighted by molar-refractivity contribution is -0.148. The Morgan fingerprint density at radius 1 is 1.19 bits per heavy atom. The number of carbonyl (C=O) groups excluding carboxylic acids is 1. The van der Waals surface area contributed by atoms with Crippen LogP contribution < -0.4 is 9.64 Å². The molecule has 9 nitrogen and oxygen atoms in total. The lowest BCUT2D eigenvalue weighted by Crippen LogP contribution is -2.40. The van der Waals surface area contributed by atoms with Gasteiger partial charge in [0.2, 0.25) is 0 Å². The Morgan fingerprint density at radius 2 is 2.00 bits per heavy atom. The van der Waals surface area contributed by atoms with Gasteiger partial charge in [-0.1, -0.05) is 0 Å². The van der Waals surface area contributed by atoms with E-state index >= 15 is 0 Å². The Morgan fingerprint density at radius 3 is 2.71 bits per heavy atom. The highest BCUT2D eigenvalue weighted by molar-refractivity contribution is 5.88. The zero-order chi connectivity index (χ0) is 21.8. The molecule has 0 radical (unpaired) electrons. The van der Waals surface area contributed by atoms with Crippen LogP contribution >= 0.6 is 0 Å². The summed E-state index contributed by atoms with van der Waals surface area (Å²) in [5.74, 6) is 1.79. The summed E-state index contributed by atoms with van der Waals surface area (Å²) >= 11 is 0. The van der Waals surface area contributed by atoms with Crippen LogP contribution in [0.1, 0.15) is 25.6 Å². The number of nitrogens with zero attached hydrogens (tertiary/aromatic N) is 5. The second-order valence-corrected chi connectivity index (χ2v) is 7.43. The molecule has 164 valence electrons. The van der Waals surface area contributed by atoms with E-state index in [1.165, 1.54) is 0 Å². The van der Waals surface area contributed by atoms with Crippen LogP contribution in [0.15, 0.2) is 30.5 Å². The highest BCUT2D eigenvalue weighted by Gasteiger charge is 2.29. The molecule has 1 atom stereocenters. The molecule has 0 amide bonds. The maximum atomic E-state index is 12.3. The Balaban J connectivity index is 1.74. The Bertz CT molecular complexity index is 1050. The van der Waals surface area contributed by atoms with Crippen molar-refractivity contribution in [3.63, 3.8) is 0 Å². The topological polar surface area (TPSA) is 91.6 Å². The predicted octanol–water partition coefficient (Wildman–Crippen LogP) is 2.75. The first kappa shape index (κ1) is 21.0. The highest BCUT2D eigenvalue weighted by Crippen LogP contribution is 2.30. The van der Waals surface area contributed by atoms with Crippen molar-refractivity contribution in [1.29, 1.82) is 0 Å². The number of esters is 1. The summed E-state index contributed by atoms with van der Waals surface area (Å²) in [6, 6.07) is 7.63. The fraction of sp³-hybridized carbons (Fsp3) is 0.455. The third-order valence-electron chi connectivity index (χ3n) is 5.39. The van der Waals surface area contributed by atoms with E-state index in [0.29, 0.717) is 24.6 Å². The highest BCUT2D eigenvalue weighted by atomic mass is 16.5. The molecule has 0 N–H and O–H groups in total. The first-order chi connectivity index (χ1) is 15.1. The smallest absolute Gasteiger partial charge is 0.310 e. The number of methoxy groups -OCH3 is 2. The summed E-state index contributed by atoms with van der Waals surface area (Å²) in [5.41, 5.74) is 1.56. The molecule has 0 aliphatic carbocycles. The van der Waals surface area contributed by atoms with E-state index in [0.717, 1.165) is 42.0 Å². The van der Waals surface area contributed by atoms with Crippen molar-refractivity contribution < 1.29 is 19.0 Å². The van der Waals surface area contributed by atoms with Gasteiger partial charge in [-0.05, 0) is 44.0 Å². The fourth-order valence-electron chi connectivity index (χ4n) is 3.91. The largest absolute Gasteiger partial charge is 0.497 e. The molecular weight excluding hydrogens is 398 g/mol. The van der Waals surface area contributed by atoms with Crippen LogP contribution in [0.3, 0.4) is 0 Å². The van der Waals surface area contributed by atoms with Gasteiger partial charge in [0, 0.05) is 20.2 Å². The van der Waals surface area contributed by atoms with Crippen LogP contribution in [-0.4, -0.2) is 59.6 Å². The summed E-state index contributed by atoms with van der Waals surface area (Å²) in [5, 5.41) is 5.41. The van der Waals surface area contributed by atoms with Gasteiger partial charge < -0.3 is 19.1 Å². The van der Waals surface area contributed by atoms with E-state index in [1.807, 2.05) is 31.2 Å². The number of aromatic nitrogens is 4. The minimum absolute atomic E-state index is 0.149. The molecule has 9 heteroatoms. The van der Waals surface area contributed by atoms with Gasteiger partial charge in [-0.2, -0.15) is 5.10 Å². The zero-order valence-electron chi connectivity index (χ0n) is 18.1. The standard InChI is InChI=1S/C22H27N5O4/c1-4-31-22(28)15-6-5-11-26(13-15)20-18-12-23-27(16-7-9-17(30-3)10-8-16)21(18)25-19(24-20)14-29-2/h7-10,12,15H,4-6,11,13-14H2,1-3H3. The maximum absolute atomic E-state index is 12.3. The lowest BCUT2D eigenvalue weighted by atomic mass is 9.98. The van der Waals surface area contributed by atoms with E-state index < -0.39 is 0 Å². The van der Waals surface area contributed by atoms with Crippen molar-refractivity contribution in [2.24, 2.45) is 5.92 Å². The molecule has 0 saturated carbocycles. The number of rotatable bonds is 7. The number of fused-ring (bicyclic) bond motifs is 1. The molecule has 1 unspecified atom stereocenters. The zero-order valence-corrected chi connectivity index (χ0v) is 18.1. The third kappa shape index (κ3) is 4.32. The van der Waals surface area contributed by atoms with Crippen LogP contribution in [-0.2, 0) is 20.9 Å². The van der Waals surface area contributed by atoms with E-state index in [9.17, 15) is 4.79 Å². The van der Waals surface area contributed by atoms with Crippen molar-refractivity contribution in [2.45, 2.75) is 26.4 Å². The minimum Gasteiger partial charge on any atom is -0.497 e. The van der Waals surface area contributed by atoms with Crippen LogP contribution in [0.25, 0.3) is 16.7 Å². The molecule has 0 bridgehead atoms. The summed E-state index contributed by atoms with van der Waals surface area (Å²) in [6.07, 6.45) is 3.49. The summed E-state index contributed by atoms with van der Waals surface area (Å²) in [4.78, 5) is 23.9. The van der Waals surface area contributed by atoms with E-state index in [-0.39, 0.29) is 18.5 Å². The molecule has 0 spiro atoms. The Labute approximate surface area is 180 Å². The molecule has 1 aliphatic heterocycles. The number of hydrogen-bond acceptors (Lipinski definition) is 8. The second kappa shape index (κ2) is 9.30. The maximum Gasteiger partial charge on any atom is 0.310 e. The van der Waals surface area contributed by atoms with Gasteiger partial charge in [0.25, 0.3) is 0 Å². The van der Waals surface area contributed by atoms with Gasteiger partial charge >= 0.3 is 5.97 Å². The number of anilines is 1. The number of piperidine rings is 1. The molecule has 4 rings (SSSR count). The molecule has 1 fully saturated rings. The summed E-state index contributed by atoms with van der Waals surface area (Å²) < 4.78 is 17.6. The van der Waals surface area contributed by atoms with Crippen LogP contribution in [0.2, 0.25) is 0 Å². The van der Waals surface area contributed by atoms with Crippen molar-refractivity contribution in [3.05, 3.63) is 36.3 Å². The van der Waals surface area contributed by atoms with Crippen molar-refractivity contribution in [1.82, 2.24) is 19.7 Å². The molecule has 3 heterocycles. The monoisotopic (exact) mass is 425 g/mol. The normalized spacial score (nSPS) is 16.5. The molecule has 1 aliphatic rings. The van der Waals surface area contributed by atoms with Gasteiger partial charge in [-0.25, -0.2) is 14.6 Å². The van der Waals surface area contributed by atoms with Gasteiger partial charge in [0.1, 0.15) is 18.2 Å². The first-order valence-corrected chi connectivity index (χ1v) is 10.4. The predicted molar refractivity (Wildman–Crippen MR) is 115 cm³/mol. The number of carbonyl (C=O) groups is 1. The van der Waals surface area contributed by atoms with Crippen molar-refractivity contribution >= 4 is 22.8 Å². The van der Waals surface area contributed by atoms with Gasteiger partial charge in [-0.15, -0.1) is 0 Å². The third-order valence-corrected chi connectivity index (χ3v) is 5.39. The SMILES string of the molecule is CCOC(=O)C1CCCN(c2nc(COC)nc3c2cnn3-c2ccc(OC)cc2)C1. The number of ether oxygens (including phenoxy) is 3. The minimum atomic E-state index is -0.166. The van der Waals surface area contributed by atoms with Gasteiger partial charge in [0.15, 0.2) is 11.5 Å². The quantitative estimate of drug-likeness (QED) is 0.534. The fourth-order valence-corrected chi connectivity index (χ4v) is 3.91. The van der Waals surface area contributed by atoms with Gasteiger partial charge in [0.05, 0.1) is 36.9 Å². The number of benzene rings is 1. The molecule has 1 aromatic carbocycles. The Kier molecular flexibility index (Phi) is 6.31. The van der Waals surface area contributed by atoms with E-state index in [4.69, 9.17) is 24.2 Å². The van der Waals surface area contributed by atoms with Gasteiger partial charge in [-0.3, -0.25) is 4.79 Å². The van der Waals surface area contributed by atoms with E-state index in [2.05, 4.69) is 10.00 Å². The van der Waals surface area contributed by atoms with Crippen molar-refractivity contribution in [3.8, 4) is 11.4 Å². The molecule has 2 aromatic heterocycles. The Hall–Kier alpha value is -3.20. The first-order valence-electron chi connectivity index (χ1n) is 10.4. The lowest BCUT2D eigenvalue weighted by Gasteiger charge is -2.32. The van der Waals surface area contributed by atoms with Crippen molar-refractivity contribution in [2.75, 3.05) is 38.8 Å². The molecule has 3 aromatic rings. The van der Waals surface area contributed by atoms with E-state index in [1.54, 1.807) is 25.1 Å². The van der Waals surface area contributed by atoms with Crippen LogP contribution in [0.4, 0.5) is 5.82 Å². The van der Waals surface area contributed by atoms with Crippen LogP contribution in [0.5, 0.6) is 5.75 Å². The average Bonchev–Trinajstić information content (AvgIpc) is 3.23. The second-order valence-electron chi connectivity index (χ2n) is 7.43. The number of hydrogen-bond donors (Lipinski definition) is 0. The summed E-state index contributed by atoms with van der Waals surface area (Å²) in [7, 11) is 3.25. The molecule has 31 heavy (non-hydrogen) atoms. The molecular formula is C22H27N5O4. The average molecular weight is 425 g/mol.